The second kappa shape index (κ2) is 6.46. The Morgan fingerprint density at radius 1 is 1.33 bits per heavy atom. The molecule has 1 aromatic carbocycles. The number of hydrogen-bond acceptors (Lipinski definition) is 5. The Kier molecular flexibility index (Phi) is 4.87. The van der Waals surface area contributed by atoms with Gasteiger partial charge >= 0.3 is 0 Å². The van der Waals surface area contributed by atoms with Gasteiger partial charge in [0.15, 0.2) is 0 Å². The van der Waals surface area contributed by atoms with E-state index in [1.54, 1.807) is 23.5 Å². The number of benzene rings is 1. The Bertz CT molecular complexity index is 697. The van der Waals surface area contributed by atoms with Gasteiger partial charge in [-0.2, -0.15) is 0 Å². The molecule has 2 rings (SSSR count). The molecule has 0 aliphatic heterocycles. The zero-order chi connectivity index (χ0) is 15.5. The highest BCUT2D eigenvalue weighted by Crippen LogP contribution is 2.28. The van der Waals surface area contributed by atoms with Gasteiger partial charge < -0.3 is 10.6 Å². The molecular formula is C14H19N3O2S2. The fourth-order valence-electron chi connectivity index (χ4n) is 2.06. The summed E-state index contributed by atoms with van der Waals surface area (Å²) >= 11 is 1.69. The van der Waals surface area contributed by atoms with E-state index in [0.29, 0.717) is 5.69 Å². The minimum atomic E-state index is -3.47. The zero-order valence-electron chi connectivity index (χ0n) is 12.0. The molecule has 0 spiro atoms. The van der Waals surface area contributed by atoms with Crippen LogP contribution in [0.4, 0.5) is 11.4 Å². The molecule has 7 heteroatoms. The van der Waals surface area contributed by atoms with Gasteiger partial charge in [0.2, 0.25) is 10.0 Å². The third-order valence-electron chi connectivity index (χ3n) is 3.23. The lowest BCUT2D eigenvalue weighted by atomic mass is 10.2. The Labute approximate surface area is 129 Å². The molecule has 3 N–H and O–H groups in total. The van der Waals surface area contributed by atoms with Crippen molar-refractivity contribution in [1.29, 1.82) is 0 Å². The highest BCUT2D eigenvalue weighted by molar-refractivity contribution is 7.89. The first-order valence-corrected chi connectivity index (χ1v) is 8.94. The van der Waals surface area contributed by atoms with Crippen molar-refractivity contribution in [1.82, 2.24) is 4.72 Å². The second-order valence-corrected chi connectivity index (χ2v) is 7.44. The van der Waals surface area contributed by atoms with Crippen molar-refractivity contribution in [2.75, 3.05) is 24.2 Å². The molecule has 0 amide bonds. The molecule has 114 valence electrons. The first-order chi connectivity index (χ1) is 9.97. The third kappa shape index (κ3) is 3.55. The fraction of sp³-hybridized carbons (Fsp3) is 0.286. The second-order valence-electron chi connectivity index (χ2n) is 4.52. The summed E-state index contributed by atoms with van der Waals surface area (Å²) in [5, 5.41) is 2.04. The molecule has 1 heterocycles. The van der Waals surface area contributed by atoms with E-state index in [1.165, 1.54) is 18.0 Å². The van der Waals surface area contributed by atoms with Crippen molar-refractivity contribution in [3.63, 3.8) is 0 Å². The van der Waals surface area contributed by atoms with Crippen LogP contribution in [-0.4, -0.2) is 22.0 Å². The van der Waals surface area contributed by atoms with E-state index in [-0.39, 0.29) is 4.90 Å². The maximum atomic E-state index is 11.8. The molecule has 0 unspecified atom stereocenters. The van der Waals surface area contributed by atoms with E-state index in [0.717, 1.165) is 18.8 Å². The lowest BCUT2D eigenvalue weighted by molar-refractivity contribution is 0.588. The van der Waals surface area contributed by atoms with Crippen LogP contribution in [0.15, 0.2) is 40.6 Å². The van der Waals surface area contributed by atoms with Gasteiger partial charge in [-0.3, -0.25) is 0 Å². The van der Waals surface area contributed by atoms with Gasteiger partial charge in [0.25, 0.3) is 0 Å². The van der Waals surface area contributed by atoms with E-state index >= 15 is 0 Å². The Morgan fingerprint density at radius 2 is 2.10 bits per heavy atom. The molecule has 0 saturated heterocycles. The summed E-state index contributed by atoms with van der Waals surface area (Å²) in [4.78, 5) is 3.54. The molecule has 5 nitrogen and oxygen atoms in total. The summed E-state index contributed by atoms with van der Waals surface area (Å²) in [7, 11) is -2.08. The van der Waals surface area contributed by atoms with Gasteiger partial charge in [-0.25, -0.2) is 13.1 Å². The van der Waals surface area contributed by atoms with Crippen molar-refractivity contribution in [3.05, 3.63) is 40.6 Å². The van der Waals surface area contributed by atoms with Crippen molar-refractivity contribution in [2.45, 2.75) is 18.4 Å². The minimum absolute atomic E-state index is 0.179. The number of anilines is 2. The maximum Gasteiger partial charge on any atom is 0.240 e. The van der Waals surface area contributed by atoms with Crippen molar-refractivity contribution >= 4 is 32.7 Å². The summed E-state index contributed by atoms with van der Waals surface area (Å²) in [5.74, 6) is 0. The summed E-state index contributed by atoms with van der Waals surface area (Å²) in [6, 6.07) is 8.92. The number of thiophene rings is 1. The van der Waals surface area contributed by atoms with Crippen molar-refractivity contribution < 1.29 is 8.42 Å². The molecule has 0 aliphatic carbocycles. The summed E-state index contributed by atoms with van der Waals surface area (Å²) in [5.41, 5.74) is 7.36. The Balaban J connectivity index is 2.31. The van der Waals surface area contributed by atoms with Gasteiger partial charge in [-0.15, -0.1) is 11.3 Å². The molecule has 0 radical (unpaired) electrons. The fourth-order valence-corrected chi connectivity index (χ4v) is 3.55. The van der Waals surface area contributed by atoms with E-state index in [4.69, 9.17) is 5.73 Å². The topological polar surface area (TPSA) is 75.4 Å². The van der Waals surface area contributed by atoms with Gasteiger partial charge in [-0.05, 0) is 43.6 Å². The van der Waals surface area contributed by atoms with Gasteiger partial charge in [0.1, 0.15) is 0 Å². The van der Waals surface area contributed by atoms with Crippen LogP contribution in [0.1, 0.15) is 11.8 Å². The molecule has 0 saturated carbocycles. The van der Waals surface area contributed by atoms with Crippen LogP contribution in [0.5, 0.6) is 0 Å². The quantitative estimate of drug-likeness (QED) is 0.799. The van der Waals surface area contributed by atoms with Crippen LogP contribution < -0.4 is 15.4 Å². The predicted octanol–water partition coefficient (Wildman–Crippen LogP) is 2.26. The normalized spacial score (nSPS) is 11.5. The molecular weight excluding hydrogens is 306 g/mol. The van der Waals surface area contributed by atoms with Gasteiger partial charge in [-0.1, -0.05) is 6.07 Å². The lowest BCUT2D eigenvalue weighted by Gasteiger charge is -2.24. The SMILES string of the molecule is CCN(Cc1cccs1)c1ccc(S(=O)(=O)NC)cc1N. The van der Waals surface area contributed by atoms with Crippen molar-refractivity contribution in [2.24, 2.45) is 0 Å². The number of nitrogen functional groups attached to an aromatic ring is 1. The van der Waals surface area contributed by atoms with E-state index in [1.807, 2.05) is 18.4 Å². The van der Waals surface area contributed by atoms with Crippen LogP contribution in [-0.2, 0) is 16.6 Å². The predicted molar refractivity (Wildman–Crippen MR) is 88.1 cm³/mol. The smallest absolute Gasteiger partial charge is 0.240 e. The molecule has 0 atom stereocenters. The largest absolute Gasteiger partial charge is 0.397 e. The average molecular weight is 325 g/mol. The monoisotopic (exact) mass is 325 g/mol. The Hall–Kier alpha value is -1.57. The van der Waals surface area contributed by atoms with Crippen LogP contribution in [0.25, 0.3) is 0 Å². The minimum Gasteiger partial charge on any atom is -0.397 e. The summed E-state index contributed by atoms with van der Waals surface area (Å²) < 4.78 is 25.9. The van der Waals surface area contributed by atoms with Gasteiger partial charge in [0, 0.05) is 11.4 Å². The van der Waals surface area contributed by atoms with Crippen LogP contribution >= 0.6 is 11.3 Å². The first-order valence-electron chi connectivity index (χ1n) is 6.58. The molecule has 0 fully saturated rings. The number of nitrogens with two attached hydrogens (primary N) is 1. The third-order valence-corrected chi connectivity index (χ3v) is 5.50. The van der Waals surface area contributed by atoms with E-state index < -0.39 is 10.0 Å². The highest BCUT2D eigenvalue weighted by Gasteiger charge is 2.15. The van der Waals surface area contributed by atoms with E-state index in [2.05, 4.69) is 15.7 Å². The Morgan fingerprint density at radius 3 is 2.62 bits per heavy atom. The van der Waals surface area contributed by atoms with Gasteiger partial charge in [0.05, 0.1) is 22.8 Å². The summed E-state index contributed by atoms with van der Waals surface area (Å²) in [6.07, 6.45) is 0. The highest BCUT2D eigenvalue weighted by atomic mass is 32.2. The summed E-state index contributed by atoms with van der Waals surface area (Å²) in [6.45, 7) is 3.60. The number of rotatable bonds is 6. The first kappa shape index (κ1) is 15.8. The zero-order valence-corrected chi connectivity index (χ0v) is 13.7. The number of nitrogens with one attached hydrogen (secondary N) is 1. The molecule has 0 aliphatic rings. The number of nitrogens with zero attached hydrogens (tertiary/aromatic N) is 1. The molecule has 2 aromatic rings. The van der Waals surface area contributed by atoms with Crippen LogP contribution in [0.3, 0.4) is 0 Å². The standard InChI is InChI=1S/C14H19N3O2S2/c1-3-17(10-11-5-4-8-20-11)14-7-6-12(9-13(14)15)21(18,19)16-2/h4-9,16H,3,10,15H2,1-2H3. The number of sulfonamides is 1. The molecule has 1 aromatic heterocycles. The van der Waals surface area contributed by atoms with E-state index in [9.17, 15) is 8.42 Å². The van der Waals surface area contributed by atoms with Crippen LogP contribution in [0, 0.1) is 0 Å². The number of hydrogen-bond donors (Lipinski definition) is 2. The lowest BCUT2D eigenvalue weighted by Crippen LogP contribution is -2.23. The maximum absolute atomic E-state index is 11.8. The molecule has 0 bridgehead atoms. The molecule has 21 heavy (non-hydrogen) atoms. The van der Waals surface area contributed by atoms with Crippen LogP contribution in [0.2, 0.25) is 0 Å². The van der Waals surface area contributed by atoms with Crippen molar-refractivity contribution in [3.8, 4) is 0 Å². The average Bonchev–Trinajstić information content (AvgIpc) is 2.98.